The van der Waals surface area contributed by atoms with Crippen LogP contribution in [0.1, 0.15) is 22.8 Å². The van der Waals surface area contributed by atoms with E-state index >= 15 is 0 Å². The number of ether oxygens (including phenoxy) is 1. The SMILES string of the molecule is CC(=O)Oc1c(-c2ccc(NC(=O)c3ccc(F)cc3)cc2)c(-c2ccccc2F)nn1-c1ccc(C)cc1. The monoisotopic (exact) mass is 523 g/mol. The molecule has 4 aromatic carbocycles. The number of benzene rings is 4. The first kappa shape index (κ1) is 25.5. The molecule has 1 heterocycles. The minimum Gasteiger partial charge on any atom is -0.407 e. The molecule has 0 aliphatic carbocycles. The number of carbonyl (C=O) groups excluding carboxylic acids is 2. The Morgan fingerprint density at radius 3 is 2.15 bits per heavy atom. The van der Waals surface area contributed by atoms with E-state index in [2.05, 4.69) is 10.4 Å². The number of hydrogen-bond donors (Lipinski definition) is 1. The number of esters is 1. The molecule has 8 heteroatoms. The van der Waals surface area contributed by atoms with Gasteiger partial charge in [0.25, 0.3) is 5.91 Å². The number of nitrogens with one attached hydrogen (secondary N) is 1. The number of anilines is 1. The Morgan fingerprint density at radius 2 is 1.51 bits per heavy atom. The summed E-state index contributed by atoms with van der Waals surface area (Å²) in [5, 5.41) is 7.45. The smallest absolute Gasteiger partial charge is 0.309 e. The molecule has 0 spiro atoms. The van der Waals surface area contributed by atoms with Crippen molar-refractivity contribution in [3.05, 3.63) is 120 Å². The molecule has 0 radical (unpaired) electrons. The first-order valence-electron chi connectivity index (χ1n) is 12.1. The minimum absolute atomic E-state index is 0.132. The van der Waals surface area contributed by atoms with E-state index in [1.54, 1.807) is 42.5 Å². The van der Waals surface area contributed by atoms with Gasteiger partial charge in [-0.1, -0.05) is 42.0 Å². The van der Waals surface area contributed by atoms with Gasteiger partial charge in [-0.25, -0.2) is 8.78 Å². The van der Waals surface area contributed by atoms with Crippen molar-refractivity contribution in [1.29, 1.82) is 0 Å². The number of carbonyl (C=O) groups is 2. The van der Waals surface area contributed by atoms with Crippen molar-refractivity contribution in [2.24, 2.45) is 0 Å². The lowest BCUT2D eigenvalue weighted by Crippen LogP contribution is -2.11. The molecule has 0 aliphatic heterocycles. The fourth-order valence-corrected chi connectivity index (χ4v) is 4.12. The van der Waals surface area contributed by atoms with Gasteiger partial charge in [0.1, 0.15) is 17.3 Å². The largest absolute Gasteiger partial charge is 0.407 e. The summed E-state index contributed by atoms with van der Waals surface area (Å²) in [6, 6.07) is 25.7. The summed E-state index contributed by atoms with van der Waals surface area (Å²) < 4.78 is 35.3. The van der Waals surface area contributed by atoms with E-state index in [-0.39, 0.29) is 17.1 Å². The highest BCUT2D eigenvalue weighted by atomic mass is 19.1. The van der Waals surface area contributed by atoms with Gasteiger partial charge in [-0.2, -0.15) is 9.78 Å². The summed E-state index contributed by atoms with van der Waals surface area (Å²) in [6.07, 6.45) is 0. The van der Waals surface area contributed by atoms with E-state index in [1.807, 2.05) is 31.2 Å². The van der Waals surface area contributed by atoms with Gasteiger partial charge in [0.2, 0.25) is 5.88 Å². The molecule has 0 bridgehead atoms. The highest BCUT2D eigenvalue weighted by Crippen LogP contribution is 2.42. The maximum atomic E-state index is 15.0. The number of aryl methyl sites for hydroxylation is 1. The summed E-state index contributed by atoms with van der Waals surface area (Å²) in [4.78, 5) is 24.7. The molecule has 5 aromatic rings. The second-order valence-corrected chi connectivity index (χ2v) is 8.89. The molecule has 5 rings (SSSR count). The first-order valence-corrected chi connectivity index (χ1v) is 12.1. The molecular weight excluding hydrogens is 500 g/mol. The zero-order valence-corrected chi connectivity index (χ0v) is 21.1. The predicted molar refractivity (Wildman–Crippen MR) is 145 cm³/mol. The molecule has 0 aliphatic rings. The Balaban J connectivity index is 1.61. The lowest BCUT2D eigenvalue weighted by atomic mass is 10.0. The zero-order valence-electron chi connectivity index (χ0n) is 21.1. The maximum Gasteiger partial charge on any atom is 0.309 e. The van der Waals surface area contributed by atoms with Crippen LogP contribution in [-0.4, -0.2) is 21.7 Å². The van der Waals surface area contributed by atoms with E-state index in [4.69, 9.17) is 4.74 Å². The Hall–Kier alpha value is -5.11. The Kier molecular flexibility index (Phi) is 7.01. The number of nitrogens with zero attached hydrogens (tertiary/aromatic N) is 2. The van der Waals surface area contributed by atoms with E-state index in [0.29, 0.717) is 28.1 Å². The van der Waals surface area contributed by atoms with E-state index in [9.17, 15) is 18.4 Å². The Bertz CT molecular complexity index is 1660. The van der Waals surface area contributed by atoms with Crippen molar-refractivity contribution >= 4 is 17.6 Å². The van der Waals surface area contributed by atoms with Crippen molar-refractivity contribution < 1.29 is 23.1 Å². The second-order valence-electron chi connectivity index (χ2n) is 8.89. The van der Waals surface area contributed by atoms with Gasteiger partial charge in [0.15, 0.2) is 0 Å². The van der Waals surface area contributed by atoms with Gasteiger partial charge in [-0.3, -0.25) is 9.59 Å². The Morgan fingerprint density at radius 1 is 0.846 bits per heavy atom. The van der Waals surface area contributed by atoms with Crippen molar-refractivity contribution in [2.75, 3.05) is 5.32 Å². The third-order valence-electron chi connectivity index (χ3n) is 6.03. The molecule has 1 aromatic heterocycles. The van der Waals surface area contributed by atoms with Crippen LogP contribution < -0.4 is 10.1 Å². The van der Waals surface area contributed by atoms with Crippen molar-refractivity contribution in [3.63, 3.8) is 0 Å². The van der Waals surface area contributed by atoms with Crippen LogP contribution in [0.5, 0.6) is 5.88 Å². The standard InChI is InChI=1S/C31H23F2N3O3/c1-19-7-17-25(18-8-19)36-31(39-20(2)37)28(29(35-36)26-5-3-4-6-27(26)33)21-11-15-24(16-12-21)34-30(38)22-9-13-23(32)14-10-22/h3-18H,1-2H3,(H,34,38). The molecule has 0 fully saturated rings. The van der Waals surface area contributed by atoms with Gasteiger partial charge in [0, 0.05) is 23.7 Å². The lowest BCUT2D eigenvalue weighted by Gasteiger charge is -2.11. The first-order chi connectivity index (χ1) is 18.8. The van der Waals surface area contributed by atoms with Gasteiger partial charge in [0.05, 0.1) is 11.3 Å². The van der Waals surface area contributed by atoms with E-state index in [0.717, 1.165) is 5.56 Å². The third-order valence-corrected chi connectivity index (χ3v) is 6.03. The minimum atomic E-state index is -0.562. The molecule has 0 saturated carbocycles. The van der Waals surface area contributed by atoms with Gasteiger partial charge < -0.3 is 10.1 Å². The fraction of sp³-hybridized carbons (Fsp3) is 0.0645. The number of aromatic nitrogens is 2. The molecule has 1 amide bonds. The third kappa shape index (κ3) is 5.45. The normalized spacial score (nSPS) is 10.8. The van der Waals surface area contributed by atoms with Gasteiger partial charge >= 0.3 is 5.97 Å². The molecule has 0 atom stereocenters. The predicted octanol–water partition coefficient (Wildman–Crippen LogP) is 6.97. The fourth-order valence-electron chi connectivity index (χ4n) is 4.12. The molecule has 6 nitrogen and oxygen atoms in total. The van der Waals surface area contributed by atoms with Crippen LogP contribution in [0, 0.1) is 18.6 Å². The van der Waals surface area contributed by atoms with E-state index in [1.165, 1.54) is 41.9 Å². The summed E-state index contributed by atoms with van der Waals surface area (Å²) in [6.45, 7) is 3.24. The average Bonchev–Trinajstić information content (AvgIpc) is 3.28. The summed E-state index contributed by atoms with van der Waals surface area (Å²) in [5.41, 5.74) is 3.97. The summed E-state index contributed by atoms with van der Waals surface area (Å²) >= 11 is 0. The highest BCUT2D eigenvalue weighted by molar-refractivity contribution is 6.04. The molecule has 0 saturated heterocycles. The van der Waals surface area contributed by atoms with Crippen molar-refractivity contribution in [1.82, 2.24) is 9.78 Å². The van der Waals surface area contributed by atoms with Crippen LogP contribution in [0.3, 0.4) is 0 Å². The molecule has 1 N–H and O–H groups in total. The highest BCUT2D eigenvalue weighted by Gasteiger charge is 2.26. The number of halogens is 2. The lowest BCUT2D eigenvalue weighted by molar-refractivity contribution is -0.132. The van der Waals surface area contributed by atoms with Crippen LogP contribution in [0.4, 0.5) is 14.5 Å². The van der Waals surface area contributed by atoms with Crippen LogP contribution >= 0.6 is 0 Å². The molecule has 39 heavy (non-hydrogen) atoms. The van der Waals surface area contributed by atoms with Gasteiger partial charge in [-0.15, -0.1) is 0 Å². The maximum absolute atomic E-state index is 15.0. The second kappa shape index (κ2) is 10.7. The zero-order chi connectivity index (χ0) is 27.5. The summed E-state index contributed by atoms with van der Waals surface area (Å²) in [7, 11) is 0. The topological polar surface area (TPSA) is 73.2 Å². The Labute approximate surface area is 223 Å². The van der Waals surface area contributed by atoms with Crippen LogP contribution in [0.25, 0.3) is 28.1 Å². The molecule has 0 unspecified atom stereocenters. The summed E-state index contributed by atoms with van der Waals surface area (Å²) in [5.74, 6) is -1.75. The van der Waals surface area contributed by atoms with Crippen molar-refractivity contribution in [3.8, 4) is 34.0 Å². The van der Waals surface area contributed by atoms with Gasteiger partial charge in [-0.05, 0) is 73.2 Å². The van der Waals surface area contributed by atoms with Crippen LogP contribution in [0.2, 0.25) is 0 Å². The number of hydrogen-bond acceptors (Lipinski definition) is 4. The molecule has 194 valence electrons. The quantitative estimate of drug-likeness (QED) is 0.244. The number of amides is 1. The molecular formula is C31H23F2N3O3. The van der Waals surface area contributed by atoms with E-state index < -0.39 is 23.5 Å². The van der Waals surface area contributed by atoms with Crippen LogP contribution in [-0.2, 0) is 4.79 Å². The number of rotatable bonds is 6. The van der Waals surface area contributed by atoms with Crippen molar-refractivity contribution in [2.45, 2.75) is 13.8 Å². The average molecular weight is 524 g/mol. The van der Waals surface area contributed by atoms with Crippen LogP contribution in [0.15, 0.2) is 97.1 Å².